The van der Waals surface area contributed by atoms with Gasteiger partial charge in [0.15, 0.2) is 5.78 Å². The first-order valence-corrected chi connectivity index (χ1v) is 10.1. The molecule has 2 aromatic carbocycles. The number of carbonyl (C=O) groups excluding carboxylic acids is 1. The summed E-state index contributed by atoms with van der Waals surface area (Å²) in [7, 11) is 6.42. The number of ketones is 1. The minimum absolute atomic E-state index is 0.000295. The lowest BCUT2D eigenvalue weighted by atomic mass is 9.78. The van der Waals surface area contributed by atoms with Crippen molar-refractivity contribution in [2.24, 2.45) is 0 Å². The highest BCUT2D eigenvalue weighted by atomic mass is 16.5. The Bertz CT molecular complexity index is 1030. The minimum Gasteiger partial charge on any atom is -0.508 e. The lowest BCUT2D eigenvalue weighted by Crippen LogP contribution is -2.23. The molecule has 6 heteroatoms. The number of allylic oxidation sites excluding steroid dienone is 2. The minimum atomic E-state index is -0.483. The zero-order chi connectivity index (χ0) is 22.1. The van der Waals surface area contributed by atoms with Crippen LogP contribution in [0.2, 0.25) is 0 Å². The molecule has 3 atom stereocenters. The van der Waals surface area contributed by atoms with Gasteiger partial charge in [-0.2, -0.15) is 0 Å². The predicted molar refractivity (Wildman–Crippen MR) is 116 cm³/mol. The maximum atomic E-state index is 13.8. The monoisotopic (exact) mass is 422 g/mol. The summed E-state index contributed by atoms with van der Waals surface area (Å²) in [5.41, 5.74) is 3.29. The number of methoxy groups -OCH3 is 4. The van der Waals surface area contributed by atoms with Crippen LogP contribution in [-0.4, -0.2) is 45.4 Å². The number of Topliss-reactive ketones (excluding diaryl/α,β-unsaturated/α-hetero) is 1. The summed E-state index contributed by atoms with van der Waals surface area (Å²) in [6.07, 6.45) is 2.11. The number of hydrogen-bond acceptors (Lipinski definition) is 6. The SMILES string of the molecule is COC1=CC2=C(C(OC)C1)C(c1ccc(O)cc1)C(c1cc(OC)cc(OC)c1)C2=O. The summed E-state index contributed by atoms with van der Waals surface area (Å²) < 4.78 is 22.2. The lowest BCUT2D eigenvalue weighted by Gasteiger charge is -2.29. The van der Waals surface area contributed by atoms with Gasteiger partial charge in [0.1, 0.15) is 17.2 Å². The number of ether oxygens (including phenoxy) is 4. The van der Waals surface area contributed by atoms with E-state index in [1.54, 1.807) is 46.6 Å². The molecule has 0 amide bonds. The van der Waals surface area contributed by atoms with Crippen LogP contribution >= 0.6 is 0 Å². The first kappa shape index (κ1) is 21.0. The van der Waals surface area contributed by atoms with Gasteiger partial charge < -0.3 is 24.1 Å². The molecule has 2 aliphatic rings. The molecule has 0 saturated heterocycles. The van der Waals surface area contributed by atoms with Gasteiger partial charge in [0, 0.05) is 31.1 Å². The van der Waals surface area contributed by atoms with E-state index in [0.29, 0.717) is 29.3 Å². The molecule has 0 radical (unpaired) electrons. The molecule has 0 saturated carbocycles. The fourth-order valence-corrected chi connectivity index (χ4v) is 4.61. The molecule has 0 aromatic heterocycles. The molecule has 2 aliphatic carbocycles. The van der Waals surface area contributed by atoms with E-state index < -0.39 is 5.92 Å². The van der Waals surface area contributed by atoms with Gasteiger partial charge in [-0.05, 0) is 47.0 Å². The summed E-state index contributed by atoms with van der Waals surface area (Å²) in [5, 5.41) is 9.81. The van der Waals surface area contributed by atoms with E-state index in [4.69, 9.17) is 18.9 Å². The average Bonchev–Trinajstić information content (AvgIpc) is 3.10. The first-order chi connectivity index (χ1) is 15.0. The van der Waals surface area contributed by atoms with E-state index in [1.165, 1.54) is 0 Å². The molecule has 31 heavy (non-hydrogen) atoms. The van der Waals surface area contributed by atoms with Gasteiger partial charge in [-0.15, -0.1) is 0 Å². The average molecular weight is 422 g/mol. The molecule has 0 spiro atoms. The molecule has 6 nitrogen and oxygen atoms in total. The quantitative estimate of drug-likeness (QED) is 0.755. The Balaban J connectivity index is 1.92. The van der Waals surface area contributed by atoms with Crippen molar-refractivity contribution >= 4 is 5.78 Å². The van der Waals surface area contributed by atoms with Crippen LogP contribution in [0, 0.1) is 0 Å². The fraction of sp³-hybridized carbons (Fsp3) is 0.320. The second-order valence-corrected chi connectivity index (χ2v) is 7.67. The van der Waals surface area contributed by atoms with Gasteiger partial charge in [-0.1, -0.05) is 12.1 Å². The molecule has 4 rings (SSSR count). The topological polar surface area (TPSA) is 74.2 Å². The van der Waals surface area contributed by atoms with Crippen molar-refractivity contribution in [2.75, 3.05) is 28.4 Å². The Labute approximate surface area is 181 Å². The zero-order valence-electron chi connectivity index (χ0n) is 18.0. The van der Waals surface area contributed by atoms with Gasteiger partial charge in [0.2, 0.25) is 0 Å². The molecular formula is C25H26O6. The van der Waals surface area contributed by atoms with E-state index in [0.717, 1.165) is 16.7 Å². The smallest absolute Gasteiger partial charge is 0.171 e. The second kappa shape index (κ2) is 8.47. The molecule has 0 bridgehead atoms. The summed E-state index contributed by atoms with van der Waals surface area (Å²) >= 11 is 0. The molecule has 0 fully saturated rings. The third kappa shape index (κ3) is 3.68. The van der Waals surface area contributed by atoms with Crippen molar-refractivity contribution in [1.82, 2.24) is 0 Å². The van der Waals surface area contributed by atoms with Gasteiger partial charge in [-0.3, -0.25) is 4.79 Å². The molecule has 2 aromatic rings. The summed E-state index contributed by atoms with van der Waals surface area (Å²) in [6.45, 7) is 0. The molecule has 0 aliphatic heterocycles. The standard InChI is InChI=1S/C25H26O6/c1-28-17-9-15(10-18(11-17)29-2)23-22(14-5-7-16(26)8-6-14)24-20(25(23)27)12-19(30-3)13-21(24)31-4/h5-12,21-23,26H,13H2,1-4H3. The van der Waals surface area contributed by atoms with Crippen LogP contribution in [0.15, 0.2) is 65.4 Å². The molecule has 1 N–H and O–H groups in total. The van der Waals surface area contributed by atoms with Crippen molar-refractivity contribution in [3.63, 3.8) is 0 Å². The van der Waals surface area contributed by atoms with Gasteiger partial charge in [-0.25, -0.2) is 0 Å². The van der Waals surface area contributed by atoms with Crippen LogP contribution in [0.5, 0.6) is 17.2 Å². The van der Waals surface area contributed by atoms with E-state index in [2.05, 4.69) is 0 Å². The maximum absolute atomic E-state index is 13.8. The van der Waals surface area contributed by atoms with E-state index in [9.17, 15) is 9.90 Å². The Morgan fingerprint density at radius 3 is 2.03 bits per heavy atom. The van der Waals surface area contributed by atoms with Gasteiger partial charge >= 0.3 is 0 Å². The van der Waals surface area contributed by atoms with Crippen LogP contribution in [-0.2, 0) is 14.3 Å². The highest BCUT2D eigenvalue weighted by Crippen LogP contribution is 2.52. The normalized spacial score (nSPS) is 22.8. The molecule has 162 valence electrons. The van der Waals surface area contributed by atoms with Crippen molar-refractivity contribution in [3.05, 3.63) is 76.6 Å². The number of aromatic hydroxyl groups is 1. The van der Waals surface area contributed by atoms with E-state index in [1.807, 2.05) is 30.3 Å². The Morgan fingerprint density at radius 2 is 1.48 bits per heavy atom. The number of rotatable bonds is 6. The van der Waals surface area contributed by atoms with Crippen LogP contribution < -0.4 is 9.47 Å². The van der Waals surface area contributed by atoms with E-state index in [-0.39, 0.29) is 23.6 Å². The third-order valence-electron chi connectivity index (χ3n) is 6.10. The van der Waals surface area contributed by atoms with Gasteiger partial charge in [0.25, 0.3) is 0 Å². The predicted octanol–water partition coefficient (Wildman–Crippen LogP) is 4.11. The number of phenolic OH excluding ortho intramolecular Hbond substituents is 1. The molecule has 3 unspecified atom stereocenters. The van der Waals surface area contributed by atoms with Crippen molar-refractivity contribution in [3.8, 4) is 17.2 Å². The summed E-state index contributed by atoms with van der Waals surface area (Å²) in [5.74, 6) is 1.39. The Kier molecular flexibility index (Phi) is 5.74. The largest absolute Gasteiger partial charge is 0.508 e. The van der Waals surface area contributed by atoms with Crippen molar-refractivity contribution < 1.29 is 28.8 Å². The maximum Gasteiger partial charge on any atom is 0.171 e. The number of phenols is 1. The molecular weight excluding hydrogens is 396 g/mol. The fourth-order valence-electron chi connectivity index (χ4n) is 4.61. The summed E-state index contributed by atoms with van der Waals surface area (Å²) in [4.78, 5) is 13.8. The first-order valence-electron chi connectivity index (χ1n) is 10.1. The summed E-state index contributed by atoms with van der Waals surface area (Å²) in [6, 6.07) is 12.5. The number of hydrogen-bond donors (Lipinski definition) is 1. The van der Waals surface area contributed by atoms with Crippen LogP contribution in [0.4, 0.5) is 0 Å². The molecule has 0 heterocycles. The van der Waals surface area contributed by atoms with Crippen LogP contribution in [0.25, 0.3) is 0 Å². The van der Waals surface area contributed by atoms with Crippen LogP contribution in [0.3, 0.4) is 0 Å². The van der Waals surface area contributed by atoms with E-state index >= 15 is 0 Å². The Morgan fingerprint density at radius 1 is 0.839 bits per heavy atom. The van der Waals surface area contributed by atoms with Crippen molar-refractivity contribution in [2.45, 2.75) is 24.4 Å². The highest BCUT2D eigenvalue weighted by molar-refractivity contribution is 6.08. The lowest BCUT2D eigenvalue weighted by molar-refractivity contribution is -0.116. The van der Waals surface area contributed by atoms with Crippen molar-refractivity contribution in [1.29, 1.82) is 0 Å². The Hall–Kier alpha value is -3.25. The highest BCUT2D eigenvalue weighted by Gasteiger charge is 2.47. The number of benzene rings is 2. The third-order valence-corrected chi connectivity index (χ3v) is 6.10. The van der Waals surface area contributed by atoms with Gasteiger partial charge in [0.05, 0.1) is 39.1 Å². The second-order valence-electron chi connectivity index (χ2n) is 7.67. The van der Waals surface area contributed by atoms with Crippen LogP contribution in [0.1, 0.15) is 29.4 Å². The zero-order valence-corrected chi connectivity index (χ0v) is 18.0. The number of carbonyl (C=O) groups is 1.